The Labute approximate surface area is 113 Å². The number of fused-ring (bicyclic) bond motifs is 1. The van der Waals surface area contributed by atoms with Crippen molar-refractivity contribution in [2.75, 3.05) is 13.1 Å². The third-order valence-corrected chi connectivity index (χ3v) is 3.48. The molecule has 19 heavy (non-hydrogen) atoms. The molecule has 1 aromatic heterocycles. The summed E-state index contributed by atoms with van der Waals surface area (Å²) in [6.45, 7) is 7.28. The molecule has 2 heterocycles. The smallest absolute Gasteiger partial charge is 0.251 e. The SMILES string of the molecule is CCc1nc2c(c(C(C)C)n1)CN(CC(F)F)CC2. The first-order valence-electron chi connectivity index (χ1n) is 6.90. The van der Waals surface area contributed by atoms with Crippen LogP contribution < -0.4 is 0 Å². The van der Waals surface area contributed by atoms with Gasteiger partial charge in [0, 0.05) is 31.5 Å². The second-order valence-electron chi connectivity index (χ2n) is 5.33. The lowest BCUT2D eigenvalue weighted by atomic mass is 9.97. The van der Waals surface area contributed by atoms with Crippen molar-refractivity contribution in [1.29, 1.82) is 0 Å². The van der Waals surface area contributed by atoms with Gasteiger partial charge in [0.05, 0.1) is 17.9 Å². The summed E-state index contributed by atoms with van der Waals surface area (Å²) in [5.41, 5.74) is 3.15. The second kappa shape index (κ2) is 5.90. The number of hydrogen-bond donors (Lipinski definition) is 0. The molecule has 2 rings (SSSR count). The van der Waals surface area contributed by atoms with Crippen molar-refractivity contribution in [1.82, 2.24) is 14.9 Å². The van der Waals surface area contributed by atoms with Gasteiger partial charge in [0.15, 0.2) is 0 Å². The van der Waals surface area contributed by atoms with E-state index in [2.05, 4.69) is 23.8 Å². The summed E-state index contributed by atoms with van der Waals surface area (Å²) in [6.07, 6.45) is -0.717. The first-order chi connectivity index (χ1) is 9.01. The molecule has 0 N–H and O–H groups in total. The monoisotopic (exact) mass is 269 g/mol. The predicted octanol–water partition coefficient (Wildman–Crippen LogP) is 2.79. The van der Waals surface area contributed by atoms with E-state index in [1.54, 1.807) is 4.90 Å². The maximum absolute atomic E-state index is 12.5. The fraction of sp³-hybridized carbons (Fsp3) is 0.714. The van der Waals surface area contributed by atoms with Crippen molar-refractivity contribution >= 4 is 0 Å². The number of aromatic nitrogens is 2. The van der Waals surface area contributed by atoms with Crippen LogP contribution in [0.4, 0.5) is 8.78 Å². The zero-order valence-corrected chi connectivity index (χ0v) is 11.8. The van der Waals surface area contributed by atoms with Gasteiger partial charge in [-0.25, -0.2) is 18.7 Å². The Morgan fingerprint density at radius 1 is 1.26 bits per heavy atom. The minimum Gasteiger partial charge on any atom is -0.293 e. The predicted molar refractivity (Wildman–Crippen MR) is 70.5 cm³/mol. The Bertz CT molecular complexity index is 447. The van der Waals surface area contributed by atoms with Crippen LogP contribution in [0.15, 0.2) is 0 Å². The van der Waals surface area contributed by atoms with E-state index in [1.807, 2.05) is 6.92 Å². The van der Waals surface area contributed by atoms with Gasteiger partial charge < -0.3 is 0 Å². The van der Waals surface area contributed by atoms with Crippen LogP contribution in [0.1, 0.15) is 49.5 Å². The van der Waals surface area contributed by atoms with Crippen LogP contribution in [0.5, 0.6) is 0 Å². The van der Waals surface area contributed by atoms with Crippen LogP contribution in [-0.2, 0) is 19.4 Å². The van der Waals surface area contributed by atoms with E-state index in [4.69, 9.17) is 0 Å². The topological polar surface area (TPSA) is 29.0 Å². The summed E-state index contributed by atoms with van der Waals surface area (Å²) in [5, 5.41) is 0. The molecule has 0 amide bonds. The maximum atomic E-state index is 12.5. The van der Waals surface area contributed by atoms with Crippen LogP contribution in [0.3, 0.4) is 0 Å². The number of hydrogen-bond acceptors (Lipinski definition) is 3. The molecule has 5 heteroatoms. The molecule has 0 aromatic carbocycles. The molecule has 1 aromatic rings. The molecule has 0 unspecified atom stereocenters. The molecule has 0 bridgehead atoms. The lowest BCUT2D eigenvalue weighted by molar-refractivity contribution is 0.0813. The van der Waals surface area contributed by atoms with Crippen LogP contribution in [0, 0.1) is 0 Å². The third-order valence-electron chi connectivity index (χ3n) is 3.48. The van der Waals surface area contributed by atoms with Gasteiger partial charge in [0.25, 0.3) is 6.43 Å². The van der Waals surface area contributed by atoms with Crippen LogP contribution >= 0.6 is 0 Å². The molecule has 1 aliphatic rings. The van der Waals surface area contributed by atoms with Gasteiger partial charge in [0.2, 0.25) is 0 Å². The third kappa shape index (κ3) is 3.26. The Hall–Kier alpha value is -1.10. The average Bonchev–Trinajstić information content (AvgIpc) is 2.36. The minimum atomic E-state index is -2.28. The van der Waals surface area contributed by atoms with E-state index in [1.165, 1.54) is 0 Å². The van der Waals surface area contributed by atoms with Gasteiger partial charge in [-0.05, 0) is 5.92 Å². The van der Waals surface area contributed by atoms with Gasteiger partial charge in [-0.3, -0.25) is 4.90 Å². The van der Waals surface area contributed by atoms with Gasteiger partial charge in [-0.2, -0.15) is 0 Å². The first-order valence-corrected chi connectivity index (χ1v) is 6.90. The maximum Gasteiger partial charge on any atom is 0.251 e. The molecular weight excluding hydrogens is 248 g/mol. The van der Waals surface area contributed by atoms with Gasteiger partial charge in [-0.1, -0.05) is 20.8 Å². The number of rotatable bonds is 4. The Kier molecular flexibility index (Phi) is 4.45. The molecular formula is C14H21F2N3. The fourth-order valence-corrected chi connectivity index (χ4v) is 2.54. The highest BCUT2D eigenvalue weighted by molar-refractivity contribution is 5.30. The zero-order chi connectivity index (χ0) is 14.0. The van der Waals surface area contributed by atoms with E-state index in [0.717, 1.165) is 35.6 Å². The van der Waals surface area contributed by atoms with Crippen LogP contribution in [0.2, 0.25) is 0 Å². The summed E-state index contributed by atoms with van der Waals surface area (Å²) in [6, 6.07) is 0. The summed E-state index contributed by atoms with van der Waals surface area (Å²) in [4.78, 5) is 11.0. The quantitative estimate of drug-likeness (QED) is 0.841. The molecule has 0 fully saturated rings. The zero-order valence-electron chi connectivity index (χ0n) is 11.8. The molecule has 106 valence electrons. The van der Waals surface area contributed by atoms with Gasteiger partial charge in [0.1, 0.15) is 5.82 Å². The van der Waals surface area contributed by atoms with E-state index >= 15 is 0 Å². The first kappa shape index (κ1) is 14.3. The minimum absolute atomic E-state index is 0.160. The highest BCUT2D eigenvalue weighted by Gasteiger charge is 2.24. The molecule has 0 spiro atoms. The highest BCUT2D eigenvalue weighted by atomic mass is 19.3. The van der Waals surface area contributed by atoms with Crippen LogP contribution in [-0.4, -0.2) is 34.4 Å². The standard InChI is InChI=1S/C14H21F2N3/c1-4-13-17-11-5-6-19(8-12(15)16)7-10(11)14(18-13)9(2)3/h9,12H,4-8H2,1-3H3. The highest BCUT2D eigenvalue weighted by Crippen LogP contribution is 2.25. The lowest BCUT2D eigenvalue weighted by Gasteiger charge is -2.30. The number of halogens is 2. The van der Waals surface area contributed by atoms with Crippen LogP contribution in [0.25, 0.3) is 0 Å². The van der Waals surface area contributed by atoms with Crippen molar-refractivity contribution in [2.45, 2.75) is 52.5 Å². The summed E-state index contributed by atoms with van der Waals surface area (Å²) in [5.74, 6) is 1.17. The van der Waals surface area contributed by atoms with E-state index in [0.29, 0.717) is 19.0 Å². The largest absolute Gasteiger partial charge is 0.293 e. The Balaban J connectivity index is 2.31. The van der Waals surface area contributed by atoms with E-state index in [-0.39, 0.29) is 6.54 Å². The molecule has 0 radical (unpaired) electrons. The van der Waals surface area contributed by atoms with E-state index < -0.39 is 6.43 Å². The van der Waals surface area contributed by atoms with Crippen molar-refractivity contribution < 1.29 is 8.78 Å². The Morgan fingerprint density at radius 3 is 2.58 bits per heavy atom. The second-order valence-corrected chi connectivity index (χ2v) is 5.33. The van der Waals surface area contributed by atoms with Crippen molar-refractivity contribution in [3.63, 3.8) is 0 Å². The average molecular weight is 269 g/mol. The molecule has 3 nitrogen and oxygen atoms in total. The number of aryl methyl sites for hydroxylation is 1. The van der Waals surface area contributed by atoms with Crippen molar-refractivity contribution in [3.05, 3.63) is 22.8 Å². The van der Waals surface area contributed by atoms with Gasteiger partial charge in [-0.15, -0.1) is 0 Å². The van der Waals surface area contributed by atoms with Gasteiger partial charge >= 0.3 is 0 Å². The number of nitrogens with zero attached hydrogens (tertiary/aromatic N) is 3. The summed E-state index contributed by atoms with van der Waals surface area (Å²) in [7, 11) is 0. The molecule has 0 saturated heterocycles. The fourth-order valence-electron chi connectivity index (χ4n) is 2.54. The normalized spacial score (nSPS) is 16.2. The molecule has 0 saturated carbocycles. The van der Waals surface area contributed by atoms with Crippen molar-refractivity contribution in [3.8, 4) is 0 Å². The molecule has 0 atom stereocenters. The summed E-state index contributed by atoms with van der Waals surface area (Å²) >= 11 is 0. The molecule has 1 aliphatic heterocycles. The molecule has 0 aliphatic carbocycles. The van der Waals surface area contributed by atoms with E-state index in [9.17, 15) is 8.78 Å². The Morgan fingerprint density at radius 2 is 2.00 bits per heavy atom. The lowest BCUT2D eigenvalue weighted by Crippen LogP contribution is -2.36. The van der Waals surface area contributed by atoms with Crippen molar-refractivity contribution in [2.24, 2.45) is 0 Å². The summed E-state index contributed by atoms with van der Waals surface area (Å²) < 4.78 is 25.0. The number of alkyl halides is 2.